The molecule has 0 spiro atoms. The molecule has 21 heavy (non-hydrogen) atoms. The third-order valence-corrected chi connectivity index (χ3v) is 4.47. The highest BCUT2D eigenvalue weighted by atomic mass is 16.4. The molecule has 2 saturated heterocycles. The van der Waals surface area contributed by atoms with Gasteiger partial charge < -0.3 is 20.0 Å². The van der Waals surface area contributed by atoms with Crippen LogP contribution in [0.15, 0.2) is 0 Å². The van der Waals surface area contributed by atoms with Crippen LogP contribution in [0.5, 0.6) is 0 Å². The molecular formula is C14H25N3O4. The van der Waals surface area contributed by atoms with Crippen LogP contribution in [0.2, 0.25) is 0 Å². The number of urea groups is 1. The van der Waals surface area contributed by atoms with E-state index in [2.05, 4.69) is 4.90 Å². The number of carboxylic acid groups (broad SMARTS) is 1. The molecule has 2 amide bonds. The van der Waals surface area contributed by atoms with Crippen molar-refractivity contribution in [3.8, 4) is 0 Å². The van der Waals surface area contributed by atoms with Crippen molar-refractivity contribution < 1.29 is 19.8 Å². The molecule has 0 saturated carbocycles. The molecule has 2 fully saturated rings. The van der Waals surface area contributed by atoms with Gasteiger partial charge in [0.15, 0.2) is 0 Å². The fourth-order valence-corrected chi connectivity index (χ4v) is 3.25. The van der Waals surface area contributed by atoms with E-state index in [0.717, 1.165) is 25.9 Å². The highest BCUT2D eigenvalue weighted by molar-refractivity contribution is 5.83. The maximum absolute atomic E-state index is 12.6. The summed E-state index contributed by atoms with van der Waals surface area (Å²) < 4.78 is 0. The molecule has 0 bridgehead atoms. The van der Waals surface area contributed by atoms with Gasteiger partial charge in [0.25, 0.3) is 0 Å². The summed E-state index contributed by atoms with van der Waals surface area (Å²) in [6.45, 7) is 6.00. The zero-order valence-corrected chi connectivity index (χ0v) is 12.6. The van der Waals surface area contributed by atoms with E-state index in [9.17, 15) is 14.7 Å². The lowest BCUT2D eigenvalue weighted by Gasteiger charge is -2.30. The fraction of sp³-hybridized carbons (Fsp3) is 0.857. The summed E-state index contributed by atoms with van der Waals surface area (Å²) in [5, 5.41) is 18.3. The van der Waals surface area contributed by atoms with Gasteiger partial charge in [-0.2, -0.15) is 0 Å². The van der Waals surface area contributed by atoms with Gasteiger partial charge in [0.05, 0.1) is 6.61 Å². The number of likely N-dealkylation sites (tertiary alicyclic amines) is 1. The van der Waals surface area contributed by atoms with Gasteiger partial charge in [0.1, 0.15) is 6.04 Å². The molecule has 2 rings (SSSR count). The Morgan fingerprint density at radius 1 is 1.14 bits per heavy atom. The lowest BCUT2D eigenvalue weighted by molar-refractivity contribution is -0.142. The maximum Gasteiger partial charge on any atom is 0.326 e. The lowest BCUT2D eigenvalue weighted by Crippen LogP contribution is -2.50. The SMILES string of the molecule is CC1CCN(C(=O)N2CCCN(CCO)CC2)C1C(=O)O. The fourth-order valence-electron chi connectivity index (χ4n) is 3.25. The van der Waals surface area contributed by atoms with Crippen LogP contribution in [0.4, 0.5) is 4.79 Å². The topological polar surface area (TPSA) is 84.3 Å². The van der Waals surface area contributed by atoms with Gasteiger partial charge in [-0.1, -0.05) is 6.92 Å². The van der Waals surface area contributed by atoms with Crippen molar-refractivity contribution in [1.82, 2.24) is 14.7 Å². The molecule has 120 valence electrons. The Hall–Kier alpha value is -1.34. The largest absolute Gasteiger partial charge is 0.480 e. The minimum absolute atomic E-state index is 0.00400. The van der Waals surface area contributed by atoms with E-state index < -0.39 is 12.0 Å². The third kappa shape index (κ3) is 3.65. The molecule has 2 atom stereocenters. The van der Waals surface area contributed by atoms with Gasteiger partial charge in [0, 0.05) is 32.7 Å². The number of hydrogen-bond donors (Lipinski definition) is 2. The average Bonchev–Trinajstić information content (AvgIpc) is 2.68. The molecule has 2 aliphatic rings. The maximum atomic E-state index is 12.6. The van der Waals surface area contributed by atoms with E-state index in [1.54, 1.807) is 4.90 Å². The number of rotatable bonds is 3. The third-order valence-electron chi connectivity index (χ3n) is 4.47. The second kappa shape index (κ2) is 7.09. The first-order chi connectivity index (χ1) is 10.0. The number of nitrogens with zero attached hydrogens (tertiary/aromatic N) is 3. The quantitative estimate of drug-likeness (QED) is 0.760. The zero-order chi connectivity index (χ0) is 15.4. The Morgan fingerprint density at radius 2 is 1.90 bits per heavy atom. The number of hydrogen-bond acceptors (Lipinski definition) is 4. The summed E-state index contributed by atoms with van der Waals surface area (Å²) in [5.41, 5.74) is 0. The van der Waals surface area contributed by atoms with Gasteiger partial charge in [-0.25, -0.2) is 9.59 Å². The average molecular weight is 299 g/mol. The molecule has 0 aromatic carbocycles. The molecule has 2 N–H and O–H groups in total. The van der Waals surface area contributed by atoms with Crippen molar-refractivity contribution in [1.29, 1.82) is 0 Å². The van der Waals surface area contributed by atoms with Crippen molar-refractivity contribution in [3.05, 3.63) is 0 Å². The van der Waals surface area contributed by atoms with Gasteiger partial charge in [-0.3, -0.25) is 4.90 Å². The Morgan fingerprint density at radius 3 is 2.57 bits per heavy atom. The highest BCUT2D eigenvalue weighted by Crippen LogP contribution is 2.25. The van der Waals surface area contributed by atoms with Crippen molar-refractivity contribution in [3.63, 3.8) is 0 Å². The molecular weight excluding hydrogens is 274 g/mol. The van der Waals surface area contributed by atoms with Crippen LogP contribution in [0, 0.1) is 5.92 Å². The Kier molecular flexibility index (Phi) is 5.41. The number of aliphatic hydroxyl groups is 1. The number of aliphatic hydroxyl groups excluding tert-OH is 1. The summed E-state index contributed by atoms with van der Waals surface area (Å²) in [7, 11) is 0. The van der Waals surface area contributed by atoms with Crippen LogP contribution in [-0.4, -0.2) is 88.8 Å². The first-order valence-electron chi connectivity index (χ1n) is 7.66. The number of β-amino-alcohol motifs (C(OH)–C–C–N with tert-alkyl or cyclic N) is 1. The molecule has 0 aromatic heterocycles. The van der Waals surface area contributed by atoms with Crippen molar-refractivity contribution in [2.45, 2.75) is 25.8 Å². The smallest absolute Gasteiger partial charge is 0.326 e. The molecule has 2 aliphatic heterocycles. The minimum Gasteiger partial charge on any atom is -0.480 e. The van der Waals surface area contributed by atoms with Gasteiger partial charge in [0.2, 0.25) is 0 Å². The number of carboxylic acids is 1. The van der Waals surface area contributed by atoms with Crippen LogP contribution >= 0.6 is 0 Å². The van der Waals surface area contributed by atoms with E-state index in [-0.39, 0.29) is 18.6 Å². The predicted molar refractivity (Wildman–Crippen MR) is 77.0 cm³/mol. The standard InChI is InChI=1S/C14H25N3O4/c1-11-3-6-17(12(11)13(19)20)14(21)16-5-2-4-15(7-8-16)9-10-18/h11-12,18H,2-10H2,1H3,(H,19,20). The van der Waals surface area contributed by atoms with E-state index in [1.807, 2.05) is 6.92 Å². The summed E-state index contributed by atoms with van der Waals surface area (Å²) in [5.74, 6) is -0.908. The number of carbonyl (C=O) groups excluding carboxylic acids is 1. The monoisotopic (exact) mass is 299 g/mol. The first kappa shape index (κ1) is 16.0. The zero-order valence-electron chi connectivity index (χ0n) is 12.6. The normalized spacial score (nSPS) is 27.7. The van der Waals surface area contributed by atoms with E-state index in [0.29, 0.717) is 26.2 Å². The number of aliphatic carboxylic acids is 1. The number of amides is 2. The van der Waals surface area contributed by atoms with Crippen LogP contribution < -0.4 is 0 Å². The van der Waals surface area contributed by atoms with E-state index >= 15 is 0 Å². The van der Waals surface area contributed by atoms with Gasteiger partial charge in [-0.15, -0.1) is 0 Å². The second-order valence-corrected chi connectivity index (χ2v) is 5.93. The molecule has 0 aromatic rings. The molecule has 7 nitrogen and oxygen atoms in total. The molecule has 7 heteroatoms. The van der Waals surface area contributed by atoms with Crippen molar-refractivity contribution in [2.24, 2.45) is 5.92 Å². The summed E-state index contributed by atoms with van der Waals surface area (Å²) in [6, 6.07) is -0.855. The Balaban J connectivity index is 1.98. The predicted octanol–water partition coefficient (Wildman–Crippen LogP) is -0.0986. The van der Waals surface area contributed by atoms with Crippen molar-refractivity contribution in [2.75, 3.05) is 45.9 Å². The number of carbonyl (C=O) groups is 2. The minimum atomic E-state index is -0.912. The van der Waals surface area contributed by atoms with E-state index in [4.69, 9.17) is 5.11 Å². The summed E-state index contributed by atoms with van der Waals surface area (Å²) >= 11 is 0. The van der Waals surface area contributed by atoms with Gasteiger partial charge >= 0.3 is 12.0 Å². The molecule has 0 aliphatic carbocycles. The second-order valence-electron chi connectivity index (χ2n) is 5.93. The Bertz CT molecular complexity index is 390. The lowest BCUT2D eigenvalue weighted by atomic mass is 10.0. The molecule has 2 unspecified atom stereocenters. The van der Waals surface area contributed by atoms with Crippen molar-refractivity contribution >= 4 is 12.0 Å². The van der Waals surface area contributed by atoms with Crippen LogP contribution in [0.25, 0.3) is 0 Å². The van der Waals surface area contributed by atoms with E-state index in [1.165, 1.54) is 4.90 Å². The highest BCUT2D eigenvalue weighted by Gasteiger charge is 2.41. The van der Waals surface area contributed by atoms with Crippen LogP contribution in [0.1, 0.15) is 19.8 Å². The summed E-state index contributed by atoms with van der Waals surface area (Å²) in [6.07, 6.45) is 1.60. The summed E-state index contributed by atoms with van der Waals surface area (Å²) in [4.78, 5) is 29.4. The van der Waals surface area contributed by atoms with Crippen LogP contribution in [0.3, 0.4) is 0 Å². The van der Waals surface area contributed by atoms with Crippen LogP contribution in [-0.2, 0) is 4.79 Å². The molecule has 2 heterocycles. The van der Waals surface area contributed by atoms with Gasteiger partial charge in [-0.05, 0) is 25.3 Å². The first-order valence-corrected chi connectivity index (χ1v) is 7.66. The molecule has 0 radical (unpaired) electrons. The Labute approximate surface area is 125 Å².